The minimum Gasteiger partial charge on any atom is -0.316 e. The first-order chi connectivity index (χ1) is 9.35. The van der Waals surface area contributed by atoms with E-state index in [1.807, 2.05) is 7.05 Å². The van der Waals surface area contributed by atoms with Gasteiger partial charge in [-0.2, -0.15) is 0 Å². The van der Waals surface area contributed by atoms with E-state index in [1.165, 1.54) is 32.1 Å². The predicted octanol–water partition coefficient (Wildman–Crippen LogP) is 3.40. The molecule has 120 valence electrons. The molecule has 0 aromatic carbocycles. The second-order valence-corrected chi connectivity index (χ2v) is 9.36. The summed E-state index contributed by atoms with van der Waals surface area (Å²) < 4.78 is 23.3. The first-order valence-corrected chi connectivity index (χ1v) is 10.0. The van der Waals surface area contributed by atoms with Gasteiger partial charge in [0, 0.05) is 11.8 Å². The summed E-state index contributed by atoms with van der Waals surface area (Å²) >= 11 is 0. The fraction of sp³-hybridized carbons (Fsp3) is 1.00. The molecule has 1 fully saturated rings. The molecule has 0 aliphatic heterocycles. The lowest BCUT2D eigenvalue weighted by Gasteiger charge is -2.39. The first kappa shape index (κ1) is 18.0. The Kier molecular flexibility index (Phi) is 6.99. The van der Waals surface area contributed by atoms with Crippen molar-refractivity contribution in [1.29, 1.82) is 0 Å². The van der Waals surface area contributed by atoms with Crippen LogP contribution >= 0.6 is 0 Å². The highest BCUT2D eigenvalue weighted by Crippen LogP contribution is 2.47. The Morgan fingerprint density at radius 3 is 2.25 bits per heavy atom. The van der Waals surface area contributed by atoms with Crippen molar-refractivity contribution in [2.45, 2.75) is 71.8 Å². The van der Waals surface area contributed by atoms with Gasteiger partial charge in [-0.05, 0) is 50.5 Å². The van der Waals surface area contributed by atoms with E-state index in [0.717, 1.165) is 12.8 Å². The zero-order chi connectivity index (χ0) is 15.2. The van der Waals surface area contributed by atoms with E-state index in [-0.39, 0.29) is 5.75 Å². The predicted molar refractivity (Wildman–Crippen MR) is 86.8 cm³/mol. The summed E-state index contributed by atoms with van der Waals surface area (Å²) in [6.45, 7) is 6.34. The maximum atomic E-state index is 11.6. The molecule has 1 aliphatic carbocycles. The van der Waals surface area contributed by atoms with Gasteiger partial charge in [0.25, 0.3) is 0 Å². The molecule has 0 spiro atoms. The Bertz CT molecular complexity index is 370. The molecule has 1 N–H and O–H groups in total. The van der Waals surface area contributed by atoms with Crippen LogP contribution in [0.3, 0.4) is 0 Å². The van der Waals surface area contributed by atoms with E-state index in [9.17, 15) is 8.42 Å². The van der Waals surface area contributed by atoms with Crippen molar-refractivity contribution in [2.24, 2.45) is 11.3 Å². The van der Waals surface area contributed by atoms with Crippen LogP contribution in [0.25, 0.3) is 0 Å². The Labute approximate surface area is 125 Å². The van der Waals surface area contributed by atoms with Crippen molar-refractivity contribution in [3.63, 3.8) is 0 Å². The van der Waals surface area contributed by atoms with Crippen molar-refractivity contribution in [3.05, 3.63) is 0 Å². The van der Waals surface area contributed by atoms with E-state index in [0.29, 0.717) is 23.1 Å². The van der Waals surface area contributed by atoms with Crippen molar-refractivity contribution in [2.75, 3.05) is 18.6 Å². The molecule has 4 heteroatoms. The molecular weight excluding hydrogens is 270 g/mol. The molecule has 1 rings (SSSR count). The van der Waals surface area contributed by atoms with Gasteiger partial charge in [0.2, 0.25) is 0 Å². The molecule has 20 heavy (non-hydrogen) atoms. The SMILES string of the molecule is CCS(=O)(=O)CCCC(NC)C1(CC(C)C)CCCC1. The molecule has 1 atom stereocenters. The molecular formula is C16H33NO2S. The van der Waals surface area contributed by atoms with Gasteiger partial charge in [0.15, 0.2) is 0 Å². The molecule has 0 radical (unpaired) electrons. The molecule has 0 heterocycles. The lowest BCUT2D eigenvalue weighted by atomic mass is 9.71. The molecule has 1 aliphatic rings. The monoisotopic (exact) mass is 303 g/mol. The van der Waals surface area contributed by atoms with Crippen LogP contribution in [0.1, 0.15) is 65.7 Å². The van der Waals surface area contributed by atoms with E-state index < -0.39 is 9.84 Å². The molecule has 1 unspecified atom stereocenters. The quantitative estimate of drug-likeness (QED) is 0.710. The van der Waals surface area contributed by atoms with Crippen molar-refractivity contribution in [1.82, 2.24) is 5.32 Å². The highest BCUT2D eigenvalue weighted by molar-refractivity contribution is 7.91. The third kappa shape index (κ3) is 5.03. The van der Waals surface area contributed by atoms with Crippen LogP contribution in [-0.2, 0) is 9.84 Å². The zero-order valence-corrected chi connectivity index (χ0v) is 14.6. The molecule has 0 saturated heterocycles. The topological polar surface area (TPSA) is 46.2 Å². The van der Waals surface area contributed by atoms with Crippen LogP contribution in [0.4, 0.5) is 0 Å². The third-order valence-electron chi connectivity index (χ3n) is 4.89. The fourth-order valence-corrected chi connectivity index (χ4v) is 4.89. The summed E-state index contributed by atoms with van der Waals surface area (Å²) in [5.74, 6) is 1.33. The zero-order valence-electron chi connectivity index (χ0n) is 13.7. The van der Waals surface area contributed by atoms with Crippen LogP contribution < -0.4 is 5.32 Å². The van der Waals surface area contributed by atoms with Gasteiger partial charge in [-0.1, -0.05) is 33.6 Å². The first-order valence-electron chi connectivity index (χ1n) is 8.23. The van der Waals surface area contributed by atoms with Gasteiger partial charge in [-0.25, -0.2) is 8.42 Å². The average molecular weight is 304 g/mol. The van der Waals surface area contributed by atoms with E-state index >= 15 is 0 Å². The molecule has 0 aromatic rings. The molecule has 0 bridgehead atoms. The third-order valence-corrected chi connectivity index (χ3v) is 6.68. The molecule has 1 saturated carbocycles. The highest BCUT2D eigenvalue weighted by Gasteiger charge is 2.40. The van der Waals surface area contributed by atoms with Crippen molar-refractivity contribution in [3.8, 4) is 0 Å². The highest BCUT2D eigenvalue weighted by atomic mass is 32.2. The number of nitrogens with one attached hydrogen (secondary N) is 1. The Hall–Kier alpha value is -0.0900. The van der Waals surface area contributed by atoms with Crippen LogP contribution in [0.5, 0.6) is 0 Å². The van der Waals surface area contributed by atoms with E-state index in [4.69, 9.17) is 0 Å². The van der Waals surface area contributed by atoms with E-state index in [1.54, 1.807) is 6.92 Å². The standard InChI is InChI=1S/C16H33NO2S/c1-5-20(18,19)12-8-9-15(17-4)16(13-14(2)3)10-6-7-11-16/h14-15,17H,5-13H2,1-4H3. The summed E-state index contributed by atoms with van der Waals surface area (Å²) in [7, 11) is -0.776. The maximum absolute atomic E-state index is 11.6. The maximum Gasteiger partial charge on any atom is 0.150 e. The van der Waals surface area contributed by atoms with Gasteiger partial charge < -0.3 is 5.32 Å². The number of hydrogen-bond donors (Lipinski definition) is 1. The number of sulfone groups is 1. The second kappa shape index (κ2) is 7.79. The number of rotatable bonds is 9. The van der Waals surface area contributed by atoms with Crippen molar-refractivity contribution < 1.29 is 8.42 Å². The minimum atomic E-state index is -2.82. The lowest BCUT2D eigenvalue weighted by Crippen LogP contribution is -2.43. The normalized spacial score (nSPS) is 20.4. The minimum absolute atomic E-state index is 0.272. The molecule has 0 amide bonds. The van der Waals surface area contributed by atoms with Gasteiger partial charge in [-0.15, -0.1) is 0 Å². The van der Waals surface area contributed by atoms with Crippen LogP contribution in [0.15, 0.2) is 0 Å². The van der Waals surface area contributed by atoms with Gasteiger partial charge in [0.1, 0.15) is 9.84 Å². The van der Waals surface area contributed by atoms with Crippen LogP contribution in [0, 0.1) is 11.3 Å². The molecule has 3 nitrogen and oxygen atoms in total. The average Bonchev–Trinajstić information content (AvgIpc) is 2.83. The lowest BCUT2D eigenvalue weighted by molar-refractivity contribution is 0.153. The summed E-state index contributed by atoms with van der Waals surface area (Å²) in [5.41, 5.74) is 0.402. The largest absolute Gasteiger partial charge is 0.316 e. The van der Waals surface area contributed by atoms with Crippen LogP contribution in [-0.4, -0.2) is 33.0 Å². The summed E-state index contributed by atoms with van der Waals surface area (Å²) in [5, 5.41) is 3.50. The smallest absolute Gasteiger partial charge is 0.150 e. The summed E-state index contributed by atoms with van der Waals surface area (Å²) in [4.78, 5) is 0. The molecule has 0 aromatic heterocycles. The Balaban J connectivity index is 2.62. The second-order valence-electron chi connectivity index (χ2n) is 6.89. The number of hydrogen-bond acceptors (Lipinski definition) is 3. The fourth-order valence-electron chi connectivity index (χ4n) is 4.00. The van der Waals surface area contributed by atoms with Gasteiger partial charge in [-0.3, -0.25) is 0 Å². The Morgan fingerprint density at radius 2 is 1.80 bits per heavy atom. The van der Waals surface area contributed by atoms with Gasteiger partial charge in [0.05, 0.1) is 5.75 Å². The van der Waals surface area contributed by atoms with E-state index in [2.05, 4.69) is 19.2 Å². The van der Waals surface area contributed by atoms with Crippen molar-refractivity contribution >= 4 is 9.84 Å². The summed E-state index contributed by atoms with van der Waals surface area (Å²) in [6, 6.07) is 0.472. The van der Waals surface area contributed by atoms with Gasteiger partial charge >= 0.3 is 0 Å². The van der Waals surface area contributed by atoms with Crippen LogP contribution in [0.2, 0.25) is 0 Å². The Morgan fingerprint density at radius 1 is 1.20 bits per heavy atom. The summed E-state index contributed by atoms with van der Waals surface area (Å²) in [6.07, 6.45) is 8.31.